The molecule has 2 atom stereocenters. The minimum Gasteiger partial charge on any atom is -0.391 e. The van der Waals surface area contributed by atoms with Gasteiger partial charge in [0.2, 0.25) is 0 Å². The van der Waals surface area contributed by atoms with Gasteiger partial charge in [-0.1, -0.05) is 6.92 Å². The zero-order chi connectivity index (χ0) is 16.1. The Morgan fingerprint density at radius 1 is 1.10 bits per heavy atom. The molecule has 0 aromatic rings. The highest BCUT2D eigenvalue weighted by Crippen LogP contribution is 2.49. The summed E-state index contributed by atoms with van der Waals surface area (Å²) in [5, 5.41) is 11.3. The molecule has 21 heavy (non-hydrogen) atoms. The molecule has 2 unspecified atom stereocenters. The predicted molar refractivity (Wildman–Crippen MR) is 87.4 cm³/mol. The van der Waals surface area contributed by atoms with Crippen LogP contribution in [0.2, 0.25) is 0 Å². The summed E-state index contributed by atoms with van der Waals surface area (Å²) in [5.74, 6) is 0.984. The SMILES string of the molecule is CC1CCC(C(O)C2CC(C)(C)OC2(C)C)(N(C)C)CC1. The van der Waals surface area contributed by atoms with Crippen molar-refractivity contribution in [2.75, 3.05) is 14.1 Å². The van der Waals surface area contributed by atoms with Gasteiger partial charge in [-0.15, -0.1) is 0 Å². The van der Waals surface area contributed by atoms with Crippen LogP contribution < -0.4 is 0 Å². The summed E-state index contributed by atoms with van der Waals surface area (Å²) in [6.07, 6.45) is 5.23. The fourth-order valence-corrected chi connectivity index (χ4v) is 4.74. The van der Waals surface area contributed by atoms with Crippen molar-refractivity contribution >= 4 is 0 Å². The Morgan fingerprint density at radius 2 is 1.62 bits per heavy atom. The lowest BCUT2D eigenvalue weighted by atomic mass is 9.66. The van der Waals surface area contributed by atoms with E-state index in [-0.39, 0.29) is 28.8 Å². The summed E-state index contributed by atoms with van der Waals surface area (Å²) in [4.78, 5) is 2.28. The van der Waals surface area contributed by atoms with Crippen LogP contribution in [0.5, 0.6) is 0 Å². The number of rotatable bonds is 3. The van der Waals surface area contributed by atoms with Crippen LogP contribution in [0.1, 0.15) is 66.7 Å². The molecule has 1 saturated carbocycles. The van der Waals surface area contributed by atoms with Gasteiger partial charge >= 0.3 is 0 Å². The van der Waals surface area contributed by atoms with Gasteiger partial charge in [0.15, 0.2) is 0 Å². The molecule has 0 bridgehead atoms. The molecule has 1 saturated heterocycles. The van der Waals surface area contributed by atoms with E-state index in [1.54, 1.807) is 0 Å². The van der Waals surface area contributed by atoms with Crippen LogP contribution in [0.25, 0.3) is 0 Å². The van der Waals surface area contributed by atoms with Crippen molar-refractivity contribution in [3.8, 4) is 0 Å². The largest absolute Gasteiger partial charge is 0.391 e. The fraction of sp³-hybridized carbons (Fsp3) is 1.00. The molecule has 1 aliphatic heterocycles. The second-order valence-electron chi connectivity index (χ2n) is 8.90. The average molecular weight is 297 g/mol. The predicted octanol–water partition coefficient (Wildman–Crippen LogP) is 3.45. The Hall–Kier alpha value is -0.120. The number of hydrogen-bond donors (Lipinski definition) is 1. The number of aliphatic hydroxyl groups excluding tert-OH is 1. The second-order valence-corrected chi connectivity index (χ2v) is 8.90. The first-order chi connectivity index (χ1) is 9.50. The van der Waals surface area contributed by atoms with E-state index in [1.165, 1.54) is 12.8 Å². The van der Waals surface area contributed by atoms with Gasteiger partial charge in [0.25, 0.3) is 0 Å². The highest BCUT2D eigenvalue weighted by atomic mass is 16.5. The quantitative estimate of drug-likeness (QED) is 0.866. The maximum atomic E-state index is 11.3. The second kappa shape index (κ2) is 5.50. The van der Waals surface area contributed by atoms with E-state index in [2.05, 4.69) is 53.6 Å². The first-order valence-electron chi connectivity index (χ1n) is 8.56. The Balaban J connectivity index is 2.25. The molecule has 0 aromatic heterocycles. The van der Waals surface area contributed by atoms with Crippen molar-refractivity contribution in [1.29, 1.82) is 0 Å². The molecule has 3 nitrogen and oxygen atoms in total. The summed E-state index contributed by atoms with van der Waals surface area (Å²) in [6, 6.07) is 0. The summed E-state index contributed by atoms with van der Waals surface area (Å²) >= 11 is 0. The molecule has 2 aliphatic rings. The van der Waals surface area contributed by atoms with Gasteiger partial charge in [0, 0.05) is 11.5 Å². The molecule has 1 N–H and O–H groups in total. The van der Waals surface area contributed by atoms with Gasteiger partial charge in [-0.2, -0.15) is 0 Å². The van der Waals surface area contributed by atoms with E-state index >= 15 is 0 Å². The van der Waals surface area contributed by atoms with Gasteiger partial charge < -0.3 is 14.7 Å². The van der Waals surface area contributed by atoms with Crippen LogP contribution in [-0.4, -0.2) is 46.9 Å². The number of ether oxygens (including phenoxy) is 1. The monoisotopic (exact) mass is 297 g/mol. The third-order valence-electron chi connectivity index (χ3n) is 6.11. The van der Waals surface area contributed by atoms with E-state index < -0.39 is 0 Å². The third-order valence-corrected chi connectivity index (χ3v) is 6.11. The molecule has 2 rings (SSSR count). The molecule has 1 heterocycles. The molecular formula is C18H35NO2. The molecule has 3 heteroatoms. The minimum absolute atomic E-state index is 0.0851. The molecule has 0 amide bonds. The Labute approximate surface area is 131 Å². The average Bonchev–Trinajstić information content (AvgIpc) is 2.57. The maximum Gasteiger partial charge on any atom is 0.0780 e. The Kier molecular flexibility index (Phi) is 4.52. The van der Waals surface area contributed by atoms with E-state index in [1.807, 2.05) is 0 Å². The first-order valence-corrected chi connectivity index (χ1v) is 8.56. The topological polar surface area (TPSA) is 32.7 Å². The molecule has 1 aliphatic carbocycles. The van der Waals surface area contributed by atoms with Gasteiger partial charge in [0.1, 0.15) is 0 Å². The van der Waals surface area contributed by atoms with Crippen molar-refractivity contribution in [1.82, 2.24) is 4.90 Å². The Morgan fingerprint density at radius 3 is 2.00 bits per heavy atom. The fourth-order valence-electron chi connectivity index (χ4n) is 4.74. The van der Waals surface area contributed by atoms with Crippen molar-refractivity contribution in [3.63, 3.8) is 0 Å². The van der Waals surface area contributed by atoms with Crippen LogP contribution in [-0.2, 0) is 4.74 Å². The highest BCUT2D eigenvalue weighted by molar-refractivity contribution is 5.07. The summed E-state index contributed by atoms with van der Waals surface area (Å²) < 4.78 is 6.23. The van der Waals surface area contributed by atoms with Crippen LogP contribution in [0, 0.1) is 11.8 Å². The minimum atomic E-state index is -0.322. The molecule has 0 spiro atoms. The summed E-state index contributed by atoms with van der Waals surface area (Å²) in [5.41, 5.74) is -0.474. The number of aliphatic hydroxyl groups is 1. The van der Waals surface area contributed by atoms with Gasteiger partial charge in [-0.05, 0) is 79.8 Å². The van der Waals surface area contributed by atoms with E-state index in [0.717, 1.165) is 25.2 Å². The van der Waals surface area contributed by atoms with E-state index in [9.17, 15) is 5.11 Å². The third kappa shape index (κ3) is 3.16. The van der Waals surface area contributed by atoms with Gasteiger partial charge in [-0.3, -0.25) is 0 Å². The number of hydrogen-bond acceptors (Lipinski definition) is 3. The number of nitrogens with zero attached hydrogens (tertiary/aromatic N) is 1. The highest BCUT2D eigenvalue weighted by Gasteiger charge is 2.55. The molecule has 0 radical (unpaired) electrons. The van der Waals surface area contributed by atoms with Crippen LogP contribution in [0.4, 0.5) is 0 Å². The zero-order valence-corrected chi connectivity index (χ0v) is 15.1. The standard InChI is InChI=1S/C18H35NO2/c1-13-8-10-18(11-9-13,19(6)7)15(20)14-12-16(2,3)21-17(14,4)5/h13-15,20H,8-12H2,1-7H3. The van der Waals surface area contributed by atoms with Crippen molar-refractivity contribution in [3.05, 3.63) is 0 Å². The van der Waals surface area contributed by atoms with E-state index in [0.29, 0.717) is 0 Å². The lowest BCUT2D eigenvalue weighted by molar-refractivity contribution is -0.120. The lowest BCUT2D eigenvalue weighted by Crippen LogP contribution is -2.60. The van der Waals surface area contributed by atoms with Crippen molar-refractivity contribution in [2.24, 2.45) is 11.8 Å². The van der Waals surface area contributed by atoms with Crippen molar-refractivity contribution in [2.45, 2.75) is 89.6 Å². The van der Waals surface area contributed by atoms with Crippen molar-refractivity contribution < 1.29 is 9.84 Å². The van der Waals surface area contributed by atoms with E-state index in [4.69, 9.17) is 4.74 Å². The smallest absolute Gasteiger partial charge is 0.0780 e. The Bertz CT molecular complexity index is 367. The molecule has 0 aromatic carbocycles. The van der Waals surface area contributed by atoms with Crippen LogP contribution in [0.15, 0.2) is 0 Å². The number of likely N-dealkylation sites (N-methyl/N-ethyl adjacent to an activating group) is 1. The lowest BCUT2D eigenvalue weighted by Gasteiger charge is -2.50. The van der Waals surface area contributed by atoms with Gasteiger partial charge in [-0.25, -0.2) is 0 Å². The summed E-state index contributed by atoms with van der Waals surface area (Å²) in [7, 11) is 4.26. The van der Waals surface area contributed by atoms with Gasteiger partial charge in [0.05, 0.1) is 17.3 Å². The maximum absolute atomic E-state index is 11.3. The normalized spacial score (nSPS) is 40.4. The summed E-state index contributed by atoms with van der Waals surface area (Å²) in [6.45, 7) is 10.9. The van der Waals surface area contributed by atoms with Crippen LogP contribution in [0.3, 0.4) is 0 Å². The first kappa shape index (κ1) is 17.2. The van der Waals surface area contributed by atoms with Crippen LogP contribution >= 0.6 is 0 Å². The molecule has 124 valence electrons. The molecular weight excluding hydrogens is 262 g/mol. The zero-order valence-electron chi connectivity index (χ0n) is 15.1. The molecule has 2 fully saturated rings.